The van der Waals surface area contributed by atoms with Crippen LogP contribution in [-0.4, -0.2) is 9.55 Å². The molecule has 0 N–H and O–H groups in total. The van der Waals surface area contributed by atoms with Crippen molar-refractivity contribution in [3.63, 3.8) is 0 Å². The monoisotopic (exact) mass is 322 g/mol. The van der Waals surface area contributed by atoms with E-state index in [2.05, 4.69) is 30.6 Å². The number of para-hydroxylation sites is 1. The second-order valence-corrected chi connectivity index (χ2v) is 6.27. The molecular formula is C19H18N2OS. The van der Waals surface area contributed by atoms with Gasteiger partial charge < -0.3 is 0 Å². The van der Waals surface area contributed by atoms with Gasteiger partial charge in [-0.25, -0.2) is 4.98 Å². The first-order chi connectivity index (χ1) is 11.2. The fraction of sp³-hybridized carbons (Fsp3) is 0.158. The van der Waals surface area contributed by atoms with Crippen molar-refractivity contribution in [2.45, 2.75) is 24.4 Å². The van der Waals surface area contributed by atoms with Gasteiger partial charge in [-0.2, -0.15) is 0 Å². The minimum Gasteiger partial charge on any atom is -0.283 e. The molecule has 1 heterocycles. The Labute approximate surface area is 139 Å². The number of hydrogen-bond acceptors (Lipinski definition) is 3. The van der Waals surface area contributed by atoms with Crippen LogP contribution in [0.2, 0.25) is 0 Å². The summed E-state index contributed by atoms with van der Waals surface area (Å²) in [5, 5.41) is 1.38. The molecule has 3 aromatic rings. The standard InChI is InChI=1S/C19H18N2OS/c1-3-12-21-18(22)16-10-6-7-11-17(16)20-19(21)23-13-15-9-5-4-8-14(15)2/h3-11H,1,12-13H2,2H3. The Morgan fingerprint density at radius 3 is 2.70 bits per heavy atom. The Morgan fingerprint density at radius 1 is 1.17 bits per heavy atom. The molecule has 2 aromatic carbocycles. The Kier molecular flexibility index (Phi) is 4.63. The first-order valence-electron chi connectivity index (χ1n) is 7.48. The summed E-state index contributed by atoms with van der Waals surface area (Å²) in [5.74, 6) is 0.786. The molecule has 0 spiro atoms. The SMILES string of the molecule is C=CCn1c(SCc2ccccc2C)nc2ccccc2c1=O. The van der Waals surface area contributed by atoms with Crippen molar-refractivity contribution in [3.8, 4) is 0 Å². The molecule has 0 aliphatic carbocycles. The largest absolute Gasteiger partial charge is 0.283 e. The van der Waals surface area contributed by atoms with Crippen LogP contribution in [0.4, 0.5) is 0 Å². The number of benzene rings is 2. The average Bonchev–Trinajstić information content (AvgIpc) is 2.57. The fourth-order valence-corrected chi connectivity index (χ4v) is 3.55. The third-order valence-electron chi connectivity index (χ3n) is 3.76. The molecule has 0 unspecified atom stereocenters. The van der Waals surface area contributed by atoms with Gasteiger partial charge in [-0.05, 0) is 30.2 Å². The first kappa shape index (κ1) is 15.6. The van der Waals surface area contributed by atoms with Crippen LogP contribution in [0.3, 0.4) is 0 Å². The minimum atomic E-state index is -0.0113. The highest BCUT2D eigenvalue weighted by Gasteiger charge is 2.11. The van der Waals surface area contributed by atoms with E-state index < -0.39 is 0 Å². The fourth-order valence-electron chi connectivity index (χ4n) is 2.46. The Morgan fingerprint density at radius 2 is 1.91 bits per heavy atom. The molecule has 0 saturated heterocycles. The lowest BCUT2D eigenvalue weighted by atomic mass is 10.1. The van der Waals surface area contributed by atoms with E-state index in [0.717, 1.165) is 16.4 Å². The number of fused-ring (bicyclic) bond motifs is 1. The summed E-state index contributed by atoms with van der Waals surface area (Å²) in [4.78, 5) is 17.4. The van der Waals surface area contributed by atoms with Crippen LogP contribution < -0.4 is 5.56 Å². The zero-order valence-electron chi connectivity index (χ0n) is 13.0. The lowest BCUT2D eigenvalue weighted by Gasteiger charge is -2.12. The lowest BCUT2D eigenvalue weighted by Crippen LogP contribution is -2.22. The first-order valence-corrected chi connectivity index (χ1v) is 8.47. The van der Waals surface area contributed by atoms with Crippen molar-refractivity contribution >= 4 is 22.7 Å². The Bertz CT molecular complexity index is 915. The lowest BCUT2D eigenvalue weighted by molar-refractivity contribution is 0.671. The highest BCUT2D eigenvalue weighted by molar-refractivity contribution is 7.98. The molecule has 116 valence electrons. The maximum Gasteiger partial charge on any atom is 0.262 e. The van der Waals surface area contributed by atoms with Crippen LogP contribution in [-0.2, 0) is 12.3 Å². The molecule has 0 saturated carbocycles. The molecule has 0 aliphatic rings. The van der Waals surface area contributed by atoms with Crippen LogP contribution in [0.15, 0.2) is 71.1 Å². The summed E-state index contributed by atoms with van der Waals surface area (Å²) in [5.41, 5.74) is 3.23. The van der Waals surface area contributed by atoms with E-state index in [0.29, 0.717) is 11.9 Å². The van der Waals surface area contributed by atoms with E-state index in [4.69, 9.17) is 0 Å². The molecule has 3 nitrogen and oxygen atoms in total. The molecule has 0 atom stereocenters. The molecule has 0 aliphatic heterocycles. The number of aromatic nitrogens is 2. The van der Waals surface area contributed by atoms with Crippen LogP contribution in [0, 0.1) is 6.92 Å². The molecule has 0 fully saturated rings. The smallest absolute Gasteiger partial charge is 0.262 e. The van der Waals surface area contributed by atoms with E-state index in [1.165, 1.54) is 11.1 Å². The van der Waals surface area contributed by atoms with E-state index in [1.807, 2.05) is 36.4 Å². The van der Waals surface area contributed by atoms with Gasteiger partial charge in [0.15, 0.2) is 5.16 Å². The van der Waals surface area contributed by atoms with Crippen molar-refractivity contribution < 1.29 is 0 Å². The summed E-state index contributed by atoms with van der Waals surface area (Å²) in [6, 6.07) is 15.7. The van der Waals surface area contributed by atoms with Crippen LogP contribution in [0.1, 0.15) is 11.1 Å². The second-order valence-electron chi connectivity index (χ2n) is 5.33. The van der Waals surface area contributed by atoms with Crippen molar-refractivity contribution in [1.82, 2.24) is 9.55 Å². The van der Waals surface area contributed by atoms with Gasteiger partial charge in [-0.3, -0.25) is 9.36 Å². The normalized spacial score (nSPS) is 10.8. The van der Waals surface area contributed by atoms with Gasteiger partial charge in [0.1, 0.15) is 0 Å². The zero-order valence-corrected chi connectivity index (χ0v) is 13.8. The van der Waals surface area contributed by atoms with E-state index in [1.54, 1.807) is 22.4 Å². The molecule has 23 heavy (non-hydrogen) atoms. The number of thioether (sulfide) groups is 1. The quantitative estimate of drug-likeness (QED) is 0.401. The molecule has 0 radical (unpaired) electrons. The summed E-state index contributed by atoms with van der Waals surface area (Å²) in [6.07, 6.45) is 1.73. The van der Waals surface area contributed by atoms with Crippen molar-refractivity contribution in [3.05, 3.63) is 82.7 Å². The third-order valence-corrected chi connectivity index (χ3v) is 4.78. The maximum absolute atomic E-state index is 12.7. The number of allylic oxidation sites excluding steroid dienone is 1. The third kappa shape index (κ3) is 3.22. The van der Waals surface area contributed by atoms with Crippen molar-refractivity contribution in [2.75, 3.05) is 0 Å². The maximum atomic E-state index is 12.7. The zero-order chi connectivity index (χ0) is 16.2. The number of rotatable bonds is 5. The molecule has 0 amide bonds. The van der Waals surface area contributed by atoms with Crippen LogP contribution in [0.25, 0.3) is 10.9 Å². The molecule has 1 aromatic heterocycles. The molecule has 4 heteroatoms. The predicted molar refractivity (Wildman–Crippen MR) is 96.9 cm³/mol. The molecular weight excluding hydrogens is 304 g/mol. The highest BCUT2D eigenvalue weighted by atomic mass is 32.2. The summed E-state index contributed by atoms with van der Waals surface area (Å²) in [7, 11) is 0. The van der Waals surface area contributed by atoms with Gasteiger partial charge in [0.2, 0.25) is 0 Å². The number of hydrogen-bond donors (Lipinski definition) is 0. The molecule has 3 rings (SSSR count). The van der Waals surface area contributed by atoms with Crippen LogP contribution in [0.5, 0.6) is 0 Å². The van der Waals surface area contributed by atoms with E-state index >= 15 is 0 Å². The predicted octanol–water partition coefficient (Wildman–Crippen LogP) is 4.18. The van der Waals surface area contributed by atoms with E-state index in [9.17, 15) is 4.79 Å². The number of nitrogens with zero attached hydrogens (tertiary/aromatic N) is 2. The minimum absolute atomic E-state index is 0.0113. The highest BCUT2D eigenvalue weighted by Crippen LogP contribution is 2.23. The van der Waals surface area contributed by atoms with Gasteiger partial charge in [0, 0.05) is 12.3 Å². The molecule has 0 bridgehead atoms. The van der Waals surface area contributed by atoms with Gasteiger partial charge in [0.05, 0.1) is 10.9 Å². The number of aryl methyl sites for hydroxylation is 1. The Hall–Kier alpha value is -2.33. The average molecular weight is 322 g/mol. The van der Waals surface area contributed by atoms with Gasteiger partial charge in [0.25, 0.3) is 5.56 Å². The van der Waals surface area contributed by atoms with Gasteiger partial charge in [-0.1, -0.05) is 54.2 Å². The second kappa shape index (κ2) is 6.84. The van der Waals surface area contributed by atoms with Crippen molar-refractivity contribution in [1.29, 1.82) is 0 Å². The Balaban J connectivity index is 2.02. The summed E-state index contributed by atoms with van der Waals surface area (Å²) >= 11 is 1.59. The van der Waals surface area contributed by atoms with E-state index in [-0.39, 0.29) is 5.56 Å². The van der Waals surface area contributed by atoms with Crippen LogP contribution >= 0.6 is 11.8 Å². The van der Waals surface area contributed by atoms with Crippen molar-refractivity contribution in [2.24, 2.45) is 0 Å². The van der Waals surface area contributed by atoms with Gasteiger partial charge in [-0.15, -0.1) is 6.58 Å². The topological polar surface area (TPSA) is 34.9 Å². The summed E-state index contributed by atoms with van der Waals surface area (Å²) in [6.45, 7) is 6.32. The van der Waals surface area contributed by atoms with Gasteiger partial charge >= 0.3 is 0 Å². The summed E-state index contributed by atoms with van der Waals surface area (Å²) < 4.78 is 1.69.